The smallest absolute Gasteiger partial charge is 0.175 e. The summed E-state index contributed by atoms with van der Waals surface area (Å²) in [7, 11) is 1.27. The largest absolute Gasteiger partial charge is 0.494 e. The van der Waals surface area contributed by atoms with Crippen LogP contribution in [0.2, 0.25) is 0 Å². The van der Waals surface area contributed by atoms with E-state index in [1.54, 1.807) is 0 Å². The summed E-state index contributed by atoms with van der Waals surface area (Å²) in [5.74, 6) is -1.08. The van der Waals surface area contributed by atoms with Gasteiger partial charge in [0.05, 0.1) is 12.7 Å². The predicted octanol–water partition coefficient (Wildman–Crippen LogP) is 1.85. The average molecular weight is 196 g/mol. The zero-order valence-electron chi connectivity index (χ0n) is 7.83. The number of methoxy groups -OCH3 is 1. The number of ether oxygens (including phenoxy) is 1. The summed E-state index contributed by atoms with van der Waals surface area (Å²) in [4.78, 5) is 21.5. The molecule has 0 fully saturated rings. The molecule has 0 spiro atoms. The summed E-state index contributed by atoms with van der Waals surface area (Å²) in [6, 6.07) is 2.47. The van der Waals surface area contributed by atoms with Gasteiger partial charge in [0.15, 0.2) is 23.6 Å². The Kier molecular flexibility index (Phi) is 2.96. The maximum absolute atomic E-state index is 13.2. The minimum Gasteiger partial charge on any atom is -0.494 e. The molecule has 1 rings (SSSR count). The zero-order chi connectivity index (χ0) is 10.7. The lowest BCUT2D eigenvalue weighted by molar-refractivity contribution is 0.101. The van der Waals surface area contributed by atoms with E-state index < -0.39 is 5.82 Å². The van der Waals surface area contributed by atoms with Gasteiger partial charge >= 0.3 is 0 Å². The van der Waals surface area contributed by atoms with Crippen molar-refractivity contribution in [2.24, 2.45) is 0 Å². The lowest BCUT2D eigenvalue weighted by atomic mass is 10.1. The number of carbonyl (C=O) groups excluding carboxylic acids is 2. The molecule has 0 unspecified atom stereocenters. The number of rotatable bonds is 3. The van der Waals surface area contributed by atoms with Crippen molar-refractivity contribution in [3.63, 3.8) is 0 Å². The van der Waals surface area contributed by atoms with Crippen molar-refractivity contribution in [1.82, 2.24) is 0 Å². The highest BCUT2D eigenvalue weighted by Gasteiger charge is 2.12. The van der Waals surface area contributed by atoms with Gasteiger partial charge < -0.3 is 4.74 Å². The van der Waals surface area contributed by atoms with E-state index in [1.807, 2.05) is 0 Å². The van der Waals surface area contributed by atoms with Crippen LogP contribution in [-0.4, -0.2) is 19.2 Å². The Morgan fingerprint density at radius 1 is 1.50 bits per heavy atom. The number of Topliss-reactive ketones (excluding diaryl/α,β-unsaturated/α-hetero) is 1. The Balaban J connectivity index is 3.39. The Morgan fingerprint density at radius 2 is 2.14 bits per heavy atom. The minimum atomic E-state index is -0.743. The van der Waals surface area contributed by atoms with Gasteiger partial charge in [-0.3, -0.25) is 9.59 Å². The highest BCUT2D eigenvalue weighted by molar-refractivity contribution is 5.96. The van der Waals surface area contributed by atoms with E-state index in [0.717, 1.165) is 0 Å². The molecule has 4 heteroatoms. The van der Waals surface area contributed by atoms with Crippen molar-refractivity contribution in [2.75, 3.05) is 7.11 Å². The average Bonchev–Trinajstić information content (AvgIpc) is 2.17. The summed E-state index contributed by atoms with van der Waals surface area (Å²) in [5, 5.41) is 0. The van der Waals surface area contributed by atoms with Crippen LogP contribution in [0.5, 0.6) is 5.75 Å². The number of hydrogen-bond acceptors (Lipinski definition) is 3. The molecular weight excluding hydrogens is 187 g/mol. The molecule has 0 aliphatic heterocycles. The molecule has 1 aromatic carbocycles. The molecule has 0 atom stereocenters. The van der Waals surface area contributed by atoms with Gasteiger partial charge in [-0.05, 0) is 19.1 Å². The van der Waals surface area contributed by atoms with E-state index >= 15 is 0 Å². The second kappa shape index (κ2) is 4.00. The number of aldehydes is 1. The first-order valence-corrected chi connectivity index (χ1v) is 3.93. The second-order valence-corrected chi connectivity index (χ2v) is 2.76. The van der Waals surface area contributed by atoms with Gasteiger partial charge in [0.25, 0.3) is 0 Å². The van der Waals surface area contributed by atoms with Gasteiger partial charge in [0.1, 0.15) is 0 Å². The van der Waals surface area contributed by atoms with Crippen LogP contribution in [0.15, 0.2) is 12.1 Å². The first-order chi connectivity index (χ1) is 6.60. The summed E-state index contributed by atoms with van der Waals surface area (Å²) >= 11 is 0. The molecule has 1 aromatic rings. The minimum absolute atomic E-state index is 0.0974. The molecule has 0 aromatic heterocycles. The summed E-state index contributed by atoms with van der Waals surface area (Å²) in [6.45, 7) is 1.33. The normalized spacial score (nSPS) is 9.64. The molecule has 0 saturated carbocycles. The molecule has 0 saturated heterocycles. The summed E-state index contributed by atoms with van der Waals surface area (Å²) in [6.07, 6.45) is 0.351. The highest BCUT2D eigenvalue weighted by Crippen LogP contribution is 2.22. The molecule has 0 aliphatic rings. The monoisotopic (exact) mass is 196 g/mol. The molecule has 0 amide bonds. The van der Waals surface area contributed by atoms with Crippen LogP contribution >= 0.6 is 0 Å². The molecule has 3 nitrogen and oxygen atoms in total. The molecule has 0 N–H and O–H groups in total. The topological polar surface area (TPSA) is 43.4 Å². The number of benzene rings is 1. The Labute approximate surface area is 80.5 Å². The summed E-state index contributed by atoms with van der Waals surface area (Å²) in [5.41, 5.74) is 0.0832. The Morgan fingerprint density at radius 3 is 2.57 bits per heavy atom. The van der Waals surface area contributed by atoms with Crippen molar-refractivity contribution in [3.05, 3.63) is 29.1 Å². The van der Waals surface area contributed by atoms with Crippen LogP contribution in [0.25, 0.3) is 0 Å². The fourth-order valence-corrected chi connectivity index (χ4v) is 1.06. The van der Waals surface area contributed by atoms with Crippen LogP contribution < -0.4 is 4.74 Å². The zero-order valence-corrected chi connectivity index (χ0v) is 7.83. The maximum atomic E-state index is 13.2. The van der Waals surface area contributed by atoms with E-state index in [4.69, 9.17) is 4.74 Å². The van der Waals surface area contributed by atoms with E-state index in [-0.39, 0.29) is 22.7 Å². The van der Waals surface area contributed by atoms with Crippen molar-refractivity contribution in [3.8, 4) is 5.75 Å². The van der Waals surface area contributed by atoms with Gasteiger partial charge in [-0.1, -0.05) is 0 Å². The third-order valence-corrected chi connectivity index (χ3v) is 1.82. The predicted molar refractivity (Wildman–Crippen MR) is 48.3 cm³/mol. The number of carbonyl (C=O) groups is 2. The Bertz CT molecular complexity index is 385. The molecule has 74 valence electrons. The van der Waals surface area contributed by atoms with Gasteiger partial charge in [-0.15, -0.1) is 0 Å². The van der Waals surface area contributed by atoms with Gasteiger partial charge in [-0.2, -0.15) is 0 Å². The molecule has 0 aliphatic carbocycles. The van der Waals surface area contributed by atoms with Crippen molar-refractivity contribution in [1.29, 1.82) is 0 Å². The van der Waals surface area contributed by atoms with E-state index in [2.05, 4.69) is 0 Å². The molecule has 0 radical (unpaired) electrons. The van der Waals surface area contributed by atoms with Gasteiger partial charge in [-0.25, -0.2) is 4.39 Å². The molecule has 0 bridgehead atoms. The number of hydrogen-bond donors (Lipinski definition) is 0. The van der Waals surface area contributed by atoms with Gasteiger partial charge in [0.2, 0.25) is 0 Å². The third kappa shape index (κ3) is 1.79. The van der Waals surface area contributed by atoms with E-state index in [9.17, 15) is 14.0 Å². The fraction of sp³-hybridized carbons (Fsp3) is 0.200. The number of halogens is 1. The molecular formula is C10H9FO3. The lowest BCUT2D eigenvalue weighted by Crippen LogP contribution is -2.00. The van der Waals surface area contributed by atoms with Gasteiger partial charge in [0, 0.05) is 5.56 Å². The Hall–Kier alpha value is -1.71. The van der Waals surface area contributed by atoms with Crippen LogP contribution in [-0.2, 0) is 0 Å². The molecule has 14 heavy (non-hydrogen) atoms. The van der Waals surface area contributed by atoms with Crippen molar-refractivity contribution < 1.29 is 18.7 Å². The standard InChI is InChI=1S/C10H9FO3/c1-6(13)7-3-8(5-12)10(11)9(4-7)14-2/h3-5H,1-2H3. The highest BCUT2D eigenvalue weighted by atomic mass is 19.1. The van der Waals surface area contributed by atoms with Crippen LogP contribution in [0.1, 0.15) is 27.6 Å². The van der Waals surface area contributed by atoms with E-state index in [1.165, 1.54) is 26.2 Å². The van der Waals surface area contributed by atoms with Crippen molar-refractivity contribution >= 4 is 12.1 Å². The van der Waals surface area contributed by atoms with Crippen molar-refractivity contribution in [2.45, 2.75) is 6.92 Å². The quantitative estimate of drug-likeness (QED) is 0.547. The van der Waals surface area contributed by atoms with Crippen LogP contribution in [0, 0.1) is 5.82 Å². The first-order valence-electron chi connectivity index (χ1n) is 3.93. The maximum Gasteiger partial charge on any atom is 0.175 e. The van der Waals surface area contributed by atoms with Crippen LogP contribution in [0.4, 0.5) is 4.39 Å². The lowest BCUT2D eigenvalue weighted by Gasteiger charge is -2.05. The van der Waals surface area contributed by atoms with Crippen LogP contribution in [0.3, 0.4) is 0 Å². The fourth-order valence-electron chi connectivity index (χ4n) is 1.06. The SMILES string of the molecule is COc1cc(C(C)=O)cc(C=O)c1F. The summed E-state index contributed by atoms with van der Waals surface area (Å²) < 4.78 is 17.9. The second-order valence-electron chi connectivity index (χ2n) is 2.76. The third-order valence-electron chi connectivity index (χ3n) is 1.82. The van der Waals surface area contributed by atoms with E-state index in [0.29, 0.717) is 6.29 Å². The number of ketones is 1. The first kappa shape index (κ1) is 10.4. The molecule has 0 heterocycles.